The van der Waals surface area contributed by atoms with Crippen LogP contribution < -0.4 is 10.0 Å². The molecule has 28 heavy (non-hydrogen) atoms. The molecule has 0 unspecified atom stereocenters. The van der Waals surface area contributed by atoms with Crippen molar-refractivity contribution < 1.29 is 17.7 Å². The predicted octanol–water partition coefficient (Wildman–Crippen LogP) is 1.95. The third-order valence-electron chi connectivity index (χ3n) is 5.62. The molecule has 1 amide bonds. The van der Waals surface area contributed by atoms with Crippen molar-refractivity contribution in [3.05, 3.63) is 41.3 Å². The second-order valence-corrected chi connectivity index (χ2v) is 9.14. The van der Waals surface area contributed by atoms with Crippen LogP contribution in [-0.4, -0.2) is 43.1 Å². The lowest BCUT2D eigenvalue weighted by atomic mass is 9.96. The molecule has 0 bridgehead atoms. The van der Waals surface area contributed by atoms with Gasteiger partial charge in [0.25, 0.3) is 0 Å². The second kappa shape index (κ2) is 6.89. The summed E-state index contributed by atoms with van der Waals surface area (Å²) in [6.45, 7) is 4.72. The molecule has 2 N–H and O–H groups in total. The van der Waals surface area contributed by atoms with Gasteiger partial charge in [0.1, 0.15) is 16.3 Å². The molecular weight excluding hydrogens is 380 g/mol. The lowest BCUT2D eigenvalue weighted by Gasteiger charge is -2.45. The molecule has 2 aliphatic heterocycles. The SMILES string of the molecule is Cc1noc(C)c1CCC(=O)N1CCC2(CC1)Nc1ccccc1S(=O)(=O)N2. The Bertz CT molecular complexity index is 987. The van der Waals surface area contributed by atoms with Crippen LogP contribution in [0.1, 0.15) is 36.3 Å². The average Bonchev–Trinajstić information content (AvgIpc) is 2.97. The zero-order chi connectivity index (χ0) is 19.9. The number of hydrogen-bond acceptors (Lipinski definition) is 6. The number of carbonyl (C=O) groups excluding carboxylic acids is 1. The van der Waals surface area contributed by atoms with Crippen molar-refractivity contribution in [1.29, 1.82) is 0 Å². The molecule has 2 aliphatic rings. The summed E-state index contributed by atoms with van der Waals surface area (Å²) in [5.74, 6) is 0.816. The Morgan fingerprint density at radius 2 is 1.96 bits per heavy atom. The summed E-state index contributed by atoms with van der Waals surface area (Å²) in [4.78, 5) is 14.7. The molecule has 150 valence electrons. The molecule has 1 saturated heterocycles. The number of piperidine rings is 1. The summed E-state index contributed by atoms with van der Waals surface area (Å²) in [6, 6.07) is 6.88. The molecule has 3 heterocycles. The number of benzene rings is 1. The van der Waals surface area contributed by atoms with Crippen molar-refractivity contribution in [2.75, 3.05) is 18.4 Å². The van der Waals surface area contributed by atoms with Crippen molar-refractivity contribution in [2.24, 2.45) is 0 Å². The summed E-state index contributed by atoms with van der Waals surface area (Å²) in [6.07, 6.45) is 2.01. The molecule has 0 atom stereocenters. The number of likely N-dealkylation sites (tertiary alicyclic amines) is 1. The van der Waals surface area contributed by atoms with Gasteiger partial charge in [-0.1, -0.05) is 17.3 Å². The Balaban J connectivity index is 1.40. The van der Waals surface area contributed by atoms with Crippen LogP contribution in [0.5, 0.6) is 0 Å². The lowest BCUT2D eigenvalue weighted by molar-refractivity contribution is -0.132. The lowest BCUT2D eigenvalue weighted by Crippen LogP contribution is -2.62. The van der Waals surface area contributed by atoms with E-state index in [-0.39, 0.29) is 10.8 Å². The van der Waals surface area contributed by atoms with Crippen molar-refractivity contribution in [2.45, 2.75) is 50.1 Å². The Labute approximate surface area is 164 Å². The fraction of sp³-hybridized carbons (Fsp3) is 0.474. The molecule has 8 nitrogen and oxygen atoms in total. The highest BCUT2D eigenvalue weighted by Gasteiger charge is 2.43. The van der Waals surface area contributed by atoms with E-state index < -0.39 is 15.7 Å². The third kappa shape index (κ3) is 3.40. The molecule has 1 aromatic carbocycles. The van der Waals surface area contributed by atoms with Crippen LogP contribution in [0.4, 0.5) is 5.69 Å². The van der Waals surface area contributed by atoms with E-state index in [0.717, 1.165) is 17.0 Å². The summed E-state index contributed by atoms with van der Waals surface area (Å²) in [7, 11) is -3.57. The molecule has 9 heteroatoms. The second-order valence-electron chi connectivity index (χ2n) is 7.49. The predicted molar refractivity (Wildman–Crippen MR) is 103 cm³/mol. The Morgan fingerprint density at radius 3 is 2.64 bits per heavy atom. The van der Waals surface area contributed by atoms with E-state index in [2.05, 4.69) is 15.2 Å². The quantitative estimate of drug-likeness (QED) is 0.810. The molecule has 0 aliphatic carbocycles. The van der Waals surface area contributed by atoms with E-state index in [1.165, 1.54) is 0 Å². The first kappa shape index (κ1) is 18.9. The molecule has 1 fully saturated rings. The summed E-state index contributed by atoms with van der Waals surface area (Å²) in [5.41, 5.74) is 1.67. The number of aromatic nitrogens is 1. The van der Waals surface area contributed by atoms with Crippen molar-refractivity contribution in [3.63, 3.8) is 0 Å². The fourth-order valence-corrected chi connectivity index (χ4v) is 5.56. The number of aryl methyl sites for hydroxylation is 2. The van der Waals surface area contributed by atoms with E-state index in [0.29, 0.717) is 44.5 Å². The molecule has 1 aromatic heterocycles. The summed E-state index contributed by atoms with van der Waals surface area (Å²) < 4.78 is 33.2. The number of rotatable bonds is 3. The van der Waals surface area contributed by atoms with Gasteiger partial charge >= 0.3 is 0 Å². The monoisotopic (exact) mass is 404 g/mol. The number of nitrogens with zero attached hydrogens (tertiary/aromatic N) is 2. The number of amides is 1. The number of fused-ring (bicyclic) bond motifs is 1. The van der Waals surface area contributed by atoms with Crippen LogP contribution in [0.3, 0.4) is 0 Å². The van der Waals surface area contributed by atoms with Crippen molar-refractivity contribution >= 4 is 21.6 Å². The van der Waals surface area contributed by atoms with Gasteiger partial charge in [-0.05, 0) is 32.4 Å². The third-order valence-corrected chi connectivity index (χ3v) is 7.21. The minimum Gasteiger partial charge on any atom is -0.365 e. The largest absolute Gasteiger partial charge is 0.365 e. The van der Waals surface area contributed by atoms with Gasteiger partial charge in [-0.15, -0.1) is 0 Å². The van der Waals surface area contributed by atoms with E-state index in [1.54, 1.807) is 23.1 Å². The number of anilines is 1. The first-order valence-electron chi connectivity index (χ1n) is 9.40. The van der Waals surface area contributed by atoms with Gasteiger partial charge in [-0.3, -0.25) is 4.79 Å². The van der Waals surface area contributed by atoms with Gasteiger partial charge in [-0.25, -0.2) is 8.42 Å². The zero-order valence-corrected chi connectivity index (χ0v) is 16.8. The van der Waals surface area contributed by atoms with Crippen molar-refractivity contribution in [1.82, 2.24) is 14.8 Å². The summed E-state index contributed by atoms with van der Waals surface area (Å²) >= 11 is 0. The van der Waals surface area contributed by atoms with Gasteiger partial charge in [-0.2, -0.15) is 4.72 Å². The maximum absolute atomic E-state index is 12.6. The number of para-hydroxylation sites is 1. The Morgan fingerprint density at radius 1 is 1.25 bits per heavy atom. The molecule has 1 spiro atoms. The smallest absolute Gasteiger partial charge is 0.244 e. The van der Waals surface area contributed by atoms with E-state index in [1.807, 2.05) is 19.9 Å². The van der Waals surface area contributed by atoms with E-state index >= 15 is 0 Å². The number of carbonyl (C=O) groups is 1. The highest BCUT2D eigenvalue weighted by Crippen LogP contribution is 2.34. The molecule has 2 aromatic rings. The average molecular weight is 404 g/mol. The van der Waals surface area contributed by atoms with Crippen LogP contribution in [0, 0.1) is 13.8 Å². The van der Waals surface area contributed by atoms with E-state index in [4.69, 9.17) is 4.52 Å². The van der Waals surface area contributed by atoms with Crippen LogP contribution in [0.2, 0.25) is 0 Å². The highest BCUT2D eigenvalue weighted by molar-refractivity contribution is 7.89. The molecular formula is C19H24N4O4S. The fourth-order valence-electron chi connectivity index (χ4n) is 4.01. The van der Waals surface area contributed by atoms with Crippen molar-refractivity contribution in [3.8, 4) is 0 Å². The number of nitrogens with one attached hydrogen (secondary N) is 2. The molecule has 0 saturated carbocycles. The first-order valence-corrected chi connectivity index (χ1v) is 10.9. The minimum absolute atomic E-state index is 0.0638. The Hall–Kier alpha value is -2.39. The number of sulfonamides is 1. The van der Waals surface area contributed by atoms with Crippen LogP contribution >= 0.6 is 0 Å². The van der Waals surface area contributed by atoms with Gasteiger partial charge in [0.05, 0.1) is 11.4 Å². The molecule has 0 radical (unpaired) electrons. The summed E-state index contributed by atoms with van der Waals surface area (Å²) in [5, 5.41) is 7.27. The standard InChI is InChI=1S/C19H24N4O4S/c1-13-15(14(2)27-21-13)7-8-18(24)23-11-9-19(10-12-23)20-16-5-3-4-6-17(16)28(25,26)22-19/h3-6,20,22H,7-12H2,1-2H3. The van der Waals surface area contributed by atoms with Gasteiger partial charge < -0.3 is 14.7 Å². The van der Waals surface area contributed by atoms with Crippen LogP contribution in [0.25, 0.3) is 0 Å². The Kier molecular flexibility index (Phi) is 4.67. The van der Waals surface area contributed by atoms with Gasteiger partial charge in [0, 0.05) is 37.9 Å². The maximum Gasteiger partial charge on any atom is 0.244 e. The maximum atomic E-state index is 12.6. The zero-order valence-electron chi connectivity index (χ0n) is 16.0. The molecule has 4 rings (SSSR count). The van der Waals surface area contributed by atoms with E-state index in [9.17, 15) is 13.2 Å². The highest BCUT2D eigenvalue weighted by atomic mass is 32.2. The first-order chi connectivity index (χ1) is 13.3. The normalized spacial score (nSPS) is 19.9. The van der Waals surface area contributed by atoms with Gasteiger partial charge in [0.2, 0.25) is 15.9 Å². The van der Waals surface area contributed by atoms with Crippen LogP contribution in [-0.2, 0) is 21.2 Å². The number of hydrogen-bond donors (Lipinski definition) is 2. The van der Waals surface area contributed by atoms with Gasteiger partial charge in [0.15, 0.2) is 0 Å². The topological polar surface area (TPSA) is 105 Å². The minimum atomic E-state index is -3.57. The van der Waals surface area contributed by atoms with Crippen LogP contribution in [0.15, 0.2) is 33.7 Å².